The molecule has 3 aliphatic rings. The van der Waals surface area contributed by atoms with Crippen LogP contribution in [0, 0.1) is 0 Å². The lowest BCUT2D eigenvalue weighted by Gasteiger charge is -2.41. The number of nitrogens with one attached hydrogen (secondary N) is 1. The maximum Gasteiger partial charge on any atom is 0.271 e. The van der Waals surface area contributed by atoms with Gasteiger partial charge in [0, 0.05) is 50.2 Å². The van der Waals surface area contributed by atoms with Crippen molar-refractivity contribution in [1.82, 2.24) is 25.0 Å². The monoisotopic (exact) mass is 475 g/mol. The lowest BCUT2D eigenvalue weighted by atomic mass is 9.98. The summed E-state index contributed by atoms with van der Waals surface area (Å²) in [7, 11) is 0. The first-order chi connectivity index (χ1) is 17.2. The van der Waals surface area contributed by atoms with Crippen molar-refractivity contribution in [3.05, 3.63) is 54.5 Å². The first-order valence-electron chi connectivity index (χ1n) is 12.3. The van der Waals surface area contributed by atoms with E-state index in [1.807, 2.05) is 41.3 Å². The molecule has 9 nitrogen and oxygen atoms in total. The summed E-state index contributed by atoms with van der Waals surface area (Å²) in [5.74, 6) is 2.33. The molecule has 0 saturated carbocycles. The topological polar surface area (TPSA) is 92.8 Å². The molecule has 3 aliphatic heterocycles. The van der Waals surface area contributed by atoms with Crippen molar-refractivity contribution < 1.29 is 19.0 Å². The number of aromatic nitrogens is 3. The van der Waals surface area contributed by atoms with E-state index >= 15 is 0 Å². The lowest BCUT2D eigenvalue weighted by molar-refractivity contribution is 0.0422. The molecule has 2 fully saturated rings. The molecule has 0 atom stereocenters. The van der Waals surface area contributed by atoms with Gasteiger partial charge in [-0.1, -0.05) is 0 Å². The van der Waals surface area contributed by atoms with Crippen LogP contribution in [-0.4, -0.2) is 76.0 Å². The molecule has 2 saturated heterocycles. The zero-order valence-corrected chi connectivity index (χ0v) is 19.6. The Bertz CT molecular complexity index is 1170. The van der Waals surface area contributed by atoms with E-state index in [0.717, 1.165) is 74.6 Å². The molecule has 0 spiro atoms. The van der Waals surface area contributed by atoms with Gasteiger partial charge in [0.15, 0.2) is 11.5 Å². The summed E-state index contributed by atoms with van der Waals surface area (Å²) in [6.07, 6.45) is 7.82. The number of nitrogens with zero attached hydrogens (tertiary/aromatic N) is 4. The van der Waals surface area contributed by atoms with E-state index in [-0.39, 0.29) is 18.8 Å². The molecule has 9 heteroatoms. The van der Waals surface area contributed by atoms with Crippen molar-refractivity contribution in [2.75, 3.05) is 33.0 Å². The second-order valence-corrected chi connectivity index (χ2v) is 9.29. The molecule has 0 radical (unpaired) electrons. The van der Waals surface area contributed by atoms with E-state index in [0.29, 0.717) is 17.5 Å². The third kappa shape index (κ3) is 4.68. The van der Waals surface area contributed by atoms with E-state index in [1.165, 1.54) is 0 Å². The predicted molar refractivity (Wildman–Crippen MR) is 129 cm³/mol. The van der Waals surface area contributed by atoms with Crippen molar-refractivity contribution in [2.24, 2.45) is 0 Å². The van der Waals surface area contributed by atoms with Crippen LogP contribution in [-0.2, 0) is 0 Å². The van der Waals surface area contributed by atoms with Gasteiger partial charge in [0.2, 0.25) is 6.79 Å². The number of carbonyl (C=O) groups excluding carboxylic acids is 1. The van der Waals surface area contributed by atoms with Gasteiger partial charge in [-0.2, -0.15) is 5.10 Å². The summed E-state index contributed by atoms with van der Waals surface area (Å²) >= 11 is 0. The number of ether oxygens (including phenoxy) is 3. The Morgan fingerprint density at radius 2 is 1.71 bits per heavy atom. The third-order valence-electron chi connectivity index (χ3n) is 7.17. The summed E-state index contributed by atoms with van der Waals surface area (Å²) < 4.78 is 16.9. The Morgan fingerprint density at radius 1 is 0.943 bits per heavy atom. The molecule has 5 heterocycles. The fourth-order valence-corrected chi connectivity index (χ4v) is 5.21. The fraction of sp³-hybridized carbons (Fsp3) is 0.423. The van der Waals surface area contributed by atoms with Gasteiger partial charge in [0.25, 0.3) is 5.91 Å². The van der Waals surface area contributed by atoms with Crippen LogP contribution < -0.4 is 14.2 Å². The van der Waals surface area contributed by atoms with Crippen LogP contribution in [0.1, 0.15) is 36.2 Å². The summed E-state index contributed by atoms with van der Waals surface area (Å²) in [4.78, 5) is 21.7. The summed E-state index contributed by atoms with van der Waals surface area (Å²) in [6.45, 7) is 3.82. The molecular formula is C26H29N5O4. The Morgan fingerprint density at radius 3 is 2.51 bits per heavy atom. The summed E-state index contributed by atoms with van der Waals surface area (Å²) in [6, 6.07) is 11.9. The van der Waals surface area contributed by atoms with Gasteiger partial charge in [0.05, 0.1) is 5.69 Å². The largest absolute Gasteiger partial charge is 0.490 e. The molecule has 1 aromatic carbocycles. The number of benzene rings is 1. The second kappa shape index (κ2) is 9.58. The maximum atomic E-state index is 13.1. The van der Waals surface area contributed by atoms with E-state index in [9.17, 15) is 4.79 Å². The molecule has 2 aromatic heterocycles. The van der Waals surface area contributed by atoms with Crippen LogP contribution in [0.3, 0.4) is 0 Å². The Kier molecular flexibility index (Phi) is 5.99. The number of amides is 1. The Labute approximate surface area is 204 Å². The zero-order chi connectivity index (χ0) is 23.6. The maximum absolute atomic E-state index is 13.1. The van der Waals surface area contributed by atoms with Gasteiger partial charge < -0.3 is 19.1 Å². The molecule has 0 unspecified atom stereocenters. The van der Waals surface area contributed by atoms with Crippen LogP contribution >= 0.6 is 0 Å². The highest BCUT2D eigenvalue weighted by molar-refractivity contribution is 5.93. The van der Waals surface area contributed by atoms with E-state index in [4.69, 9.17) is 14.2 Å². The molecule has 0 bridgehead atoms. The number of piperidine rings is 2. The minimum atomic E-state index is 0.00685. The normalized spacial score (nSPS) is 19.1. The van der Waals surface area contributed by atoms with E-state index in [1.54, 1.807) is 12.4 Å². The van der Waals surface area contributed by atoms with Gasteiger partial charge in [-0.15, -0.1) is 0 Å². The summed E-state index contributed by atoms with van der Waals surface area (Å²) in [5.41, 5.74) is 2.13. The van der Waals surface area contributed by atoms with Crippen LogP contribution in [0.25, 0.3) is 11.3 Å². The number of likely N-dealkylation sites (tertiary alicyclic amines) is 2. The van der Waals surface area contributed by atoms with Gasteiger partial charge >= 0.3 is 0 Å². The first kappa shape index (κ1) is 21.9. The van der Waals surface area contributed by atoms with Gasteiger partial charge in [-0.25, -0.2) is 0 Å². The van der Waals surface area contributed by atoms with Crippen molar-refractivity contribution in [1.29, 1.82) is 0 Å². The number of hydrogen-bond donors (Lipinski definition) is 1. The Balaban J connectivity index is 1.00. The van der Waals surface area contributed by atoms with Crippen LogP contribution in [0.2, 0.25) is 0 Å². The SMILES string of the molecule is O=C(c1cc(-c2ccc3c(c2)OCO3)n[nH]1)N1CCC(N2CCC(Oc3ccncc3)CC2)CC1. The average molecular weight is 476 g/mol. The molecule has 3 aromatic rings. The number of rotatable bonds is 5. The van der Waals surface area contributed by atoms with Crippen LogP contribution in [0.4, 0.5) is 0 Å². The number of fused-ring (bicyclic) bond motifs is 1. The quantitative estimate of drug-likeness (QED) is 0.605. The van der Waals surface area contributed by atoms with Crippen molar-refractivity contribution in [3.8, 4) is 28.5 Å². The predicted octanol–water partition coefficient (Wildman–Crippen LogP) is 3.35. The molecule has 6 rings (SSSR count). The van der Waals surface area contributed by atoms with E-state index in [2.05, 4.69) is 20.1 Å². The Hall–Kier alpha value is -3.59. The fourth-order valence-electron chi connectivity index (χ4n) is 5.21. The highest BCUT2D eigenvalue weighted by Gasteiger charge is 2.31. The van der Waals surface area contributed by atoms with Crippen molar-refractivity contribution in [3.63, 3.8) is 0 Å². The smallest absolute Gasteiger partial charge is 0.271 e. The molecule has 182 valence electrons. The lowest BCUT2D eigenvalue weighted by Crippen LogP contribution is -2.50. The number of hydrogen-bond acceptors (Lipinski definition) is 7. The highest BCUT2D eigenvalue weighted by atomic mass is 16.7. The van der Waals surface area contributed by atoms with Crippen LogP contribution in [0.15, 0.2) is 48.8 Å². The van der Waals surface area contributed by atoms with Crippen LogP contribution in [0.5, 0.6) is 17.2 Å². The number of pyridine rings is 1. The van der Waals surface area contributed by atoms with Crippen molar-refractivity contribution in [2.45, 2.75) is 37.8 Å². The second-order valence-electron chi connectivity index (χ2n) is 9.29. The minimum Gasteiger partial charge on any atom is -0.490 e. The molecular weight excluding hydrogens is 446 g/mol. The summed E-state index contributed by atoms with van der Waals surface area (Å²) in [5, 5.41) is 7.29. The van der Waals surface area contributed by atoms with Crippen molar-refractivity contribution >= 4 is 5.91 Å². The average Bonchev–Trinajstić information content (AvgIpc) is 3.59. The number of carbonyl (C=O) groups is 1. The number of aromatic amines is 1. The zero-order valence-electron chi connectivity index (χ0n) is 19.6. The molecule has 35 heavy (non-hydrogen) atoms. The first-order valence-corrected chi connectivity index (χ1v) is 12.3. The van der Waals surface area contributed by atoms with Gasteiger partial charge in [0.1, 0.15) is 17.5 Å². The van der Waals surface area contributed by atoms with Gasteiger partial charge in [-0.05, 0) is 62.1 Å². The molecule has 1 N–H and O–H groups in total. The standard InChI is InChI=1S/C26H29N5O4/c32-26(23-16-22(28-29-23)18-1-2-24-25(15-18)34-17-33-24)31-11-5-19(6-12-31)30-13-7-21(8-14-30)35-20-3-9-27-10-4-20/h1-4,9-10,15-16,19,21H,5-8,11-14,17H2,(H,28,29). The third-order valence-corrected chi connectivity index (χ3v) is 7.17. The minimum absolute atomic E-state index is 0.00685. The van der Waals surface area contributed by atoms with E-state index < -0.39 is 0 Å². The molecule has 0 aliphatic carbocycles. The number of H-pyrrole nitrogens is 1. The highest BCUT2D eigenvalue weighted by Crippen LogP contribution is 2.35. The van der Waals surface area contributed by atoms with Gasteiger partial charge in [-0.3, -0.25) is 19.8 Å². The molecule has 1 amide bonds.